The highest BCUT2D eigenvalue weighted by atomic mass is 19.1. The van der Waals surface area contributed by atoms with Crippen LogP contribution >= 0.6 is 0 Å². The van der Waals surface area contributed by atoms with Gasteiger partial charge in [-0.1, -0.05) is 18.2 Å². The van der Waals surface area contributed by atoms with Gasteiger partial charge in [0, 0.05) is 51.4 Å². The number of anilines is 1. The van der Waals surface area contributed by atoms with Crippen LogP contribution in [-0.2, 0) is 4.79 Å². The molecule has 1 saturated heterocycles. The number of amides is 4. The first kappa shape index (κ1) is 24.2. The molecule has 0 unspecified atom stereocenters. The van der Waals surface area contributed by atoms with Gasteiger partial charge in [-0.25, -0.2) is 9.18 Å². The van der Waals surface area contributed by atoms with Gasteiger partial charge >= 0.3 is 6.03 Å². The smallest absolute Gasteiger partial charge is 0.319 e. The van der Waals surface area contributed by atoms with E-state index in [1.165, 1.54) is 24.0 Å². The molecule has 1 heterocycles. The molecule has 3 rings (SSSR count). The molecular formula is C25H31FN4O3. The standard InChI is InChI=1S/C25H31FN4O3/c1-17-4-5-21(16-23(17)28-25(33)27-12-15-29(3)18(2)31)24(32)30-13-10-20(11-14-30)19-6-8-22(26)9-7-19/h4-9,16,20H,10-15H2,1-3H3,(H2,27,28,33). The molecule has 0 spiro atoms. The van der Waals surface area contributed by atoms with Crippen LogP contribution in [0.25, 0.3) is 0 Å². The fourth-order valence-electron chi connectivity index (χ4n) is 3.88. The van der Waals surface area contributed by atoms with E-state index in [0.29, 0.717) is 43.3 Å². The Hall–Kier alpha value is -3.42. The predicted molar refractivity (Wildman–Crippen MR) is 126 cm³/mol. The molecular weight excluding hydrogens is 423 g/mol. The first-order chi connectivity index (χ1) is 15.7. The van der Waals surface area contributed by atoms with Crippen LogP contribution in [0.15, 0.2) is 42.5 Å². The van der Waals surface area contributed by atoms with Gasteiger partial charge in [-0.2, -0.15) is 0 Å². The third-order valence-corrected chi connectivity index (χ3v) is 6.13. The van der Waals surface area contributed by atoms with Crippen LogP contribution in [0.1, 0.15) is 47.2 Å². The van der Waals surface area contributed by atoms with Crippen molar-refractivity contribution in [2.45, 2.75) is 32.6 Å². The fraction of sp³-hybridized carbons (Fsp3) is 0.400. The van der Waals surface area contributed by atoms with Gasteiger partial charge < -0.3 is 20.4 Å². The summed E-state index contributed by atoms with van der Waals surface area (Å²) in [5.74, 6) is -0.0667. The van der Waals surface area contributed by atoms with Gasteiger partial charge in [-0.15, -0.1) is 0 Å². The number of piperidine rings is 1. The molecule has 8 heteroatoms. The third-order valence-electron chi connectivity index (χ3n) is 6.13. The summed E-state index contributed by atoms with van der Waals surface area (Å²) in [5.41, 5.74) is 3.04. The molecule has 7 nitrogen and oxygen atoms in total. The van der Waals surface area contributed by atoms with Crippen molar-refractivity contribution in [2.75, 3.05) is 38.5 Å². The number of urea groups is 1. The Morgan fingerprint density at radius 3 is 2.39 bits per heavy atom. The van der Waals surface area contributed by atoms with E-state index < -0.39 is 0 Å². The molecule has 0 bridgehead atoms. The molecule has 1 aliphatic heterocycles. The van der Waals surface area contributed by atoms with Crippen LogP contribution in [-0.4, -0.2) is 60.9 Å². The highest BCUT2D eigenvalue weighted by molar-refractivity contribution is 5.97. The molecule has 176 valence electrons. The Kier molecular flexibility index (Phi) is 8.03. The summed E-state index contributed by atoms with van der Waals surface area (Å²) in [6.45, 7) is 5.32. The minimum Gasteiger partial charge on any atom is -0.344 e. The summed E-state index contributed by atoms with van der Waals surface area (Å²) in [7, 11) is 1.67. The number of carbonyl (C=O) groups is 3. The maximum absolute atomic E-state index is 13.2. The molecule has 0 radical (unpaired) electrons. The van der Waals surface area contributed by atoms with Crippen molar-refractivity contribution in [3.8, 4) is 0 Å². The second-order valence-corrected chi connectivity index (χ2v) is 8.47. The number of halogens is 1. The average Bonchev–Trinajstić information content (AvgIpc) is 2.80. The van der Waals surface area contributed by atoms with Crippen LogP contribution in [0.2, 0.25) is 0 Å². The lowest BCUT2D eigenvalue weighted by atomic mass is 9.89. The maximum atomic E-state index is 13.2. The lowest BCUT2D eigenvalue weighted by molar-refractivity contribution is -0.127. The Labute approximate surface area is 193 Å². The molecule has 2 aromatic rings. The van der Waals surface area contributed by atoms with Crippen molar-refractivity contribution in [1.29, 1.82) is 0 Å². The normalized spacial score (nSPS) is 14.0. The lowest BCUT2D eigenvalue weighted by Gasteiger charge is -2.32. The Bertz CT molecular complexity index is 1000. The largest absolute Gasteiger partial charge is 0.344 e. The quantitative estimate of drug-likeness (QED) is 0.698. The maximum Gasteiger partial charge on any atom is 0.319 e. The zero-order valence-electron chi connectivity index (χ0n) is 19.4. The highest BCUT2D eigenvalue weighted by Crippen LogP contribution is 2.29. The number of rotatable bonds is 6. The number of benzene rings is 2. The average molecular weight is 455 g/mol. The molecule has 33 heavy (non-hydrogen) atoms. The van der Waals surface area contributed by atoms with Crippen LogP contribution in [0.5, 0.6) is 0 Å². The van der Waals surface area contributed by atoms with Gasteiger partial charge in [-0.3, -0.25) is 9.59 Å². The summed E-state index contributed by atoms with van der Waals surface area (Å²) in [6.07, 6.45) is 1.65. The summed E-state index contributed by atoms with van der Waals surface area (Å²) < 4.78 is 13.2. The van der Waals surface area contributed by atoms with Crippen LogP contribution in [0.3, 0.4) is 0 Å². The molecule has 1 aliphatic rings. The van der Waals surface area contributed by atoms with E-state index in [1.807, 2.05) is 30.0 Å². The van der Waals surface area contributed by atoms with E-state index in [1.54, 1.807) is 19.2 Å². The van der Waals surface area contributed by atoms with Gasteiger partial charge in [0.05, 0.1) is 0 Å². The zero-order valence-corrected chi connectivity index (χ0v) is 19.4. The number of likely N-dealkylation sites (N-methyl/N-ethyl adjacent to an activating group) is 1. The first-order valence-electron chi connectivity index (χ1n) is 11.2. The van der Waals surface area contributed by atoms with Gasteiger partial charge in [-0.05, 0) is 61.1 Å². The minimum atomic E-state index is -0.389. The fourth-order valence-corrected chi connectivity index (χ4v) is 3.88. The third kappa shape index (κ3) is 6.54. The van der Waals surface area contributed by atoms with E-state index in [0.717, 1.165) is 24.0 Å². The molecule has 2 aromatic carbocycles. The van der Waals surface area contributed by atoms with Crippen molar-refractivity contribution in [2.24, 2.45) is 0 Å². The topological polar surface area (TPSA) is 81.8 Å². The Balaban J connectivity index is 1.56. The first-order valence-corrected chi connectivity index (χ1v) is 11.2. The number of hydrogen-bond acceptors (Lipinski definition) is 3. The SMILES string of the molecule is CC(=O)N(C)CCNC(=O)Nc1cc(C(=O)N2CCC(c3ccc(F)cc3)CC2)ccc1C. The zero-order chi connectivity index (χ0) is 24.0. The molecule has 0 aromatic heterocycles. The summed E-state index contributed by atoms with van der Waals surface area (Å²) >= 11 is 0. The Morgan fingerprint density at radius 1 is 1.09 bits per heavy atom. The van der Waals surface area contributed by atoms with E-state index in [-0.39, 0.29) is 23.7 Å². The molecule has 2 N–H and O–H groups in total. The molecule has 1 fully saturated rings. The summed E-state index contributed by atoms with van der Waals surface area (Å²) in [6, 6.07) is 11.5. The van der Waals surface area contributed by atoms with E-state index >= 15 is 0 Å². The monoisotopic (exact) mass is 454 g/mol. The molecule has 4 amide bonds. The van der Waals surface area contributed by atoms with Crippen molar-refractivity contribution in [3.63, 3.8) is 0 Å². The van der Waals surface area contributed by atoms with E-state index in [4.69, 9.17) is 0 Å². The number of carbonyl (C=O) groups excluding carboxylic acids is 3. The van der Waals surface area contributed by atoms with E-state index in [9.17, 15) is 18.8 Å². The number of hydrogen-bond donors (Lipinski definition) is 2. The summed E-state index contributed by atoms with van der Waals surface area (Å²) in [4.78, 5) is 39.9. The minimum absolute atomic E-state index is 0.0686. The van der Waals surface area contributed by atoms with Gasteiger partial charge in [0.25, 0.3) is 5.91 Å². The molecule has 0 atom stereocenters. The summed E-state index contributed by atoms with van der Waals surface area (Å²) in [5, 5.41) is 5.51. The predicted octanol–water partition coefficient (Wildman–Crippen LogP) is 3.75. The van der Waals surface area contributed by atoms with E-state index in [2.05, 4.69) is 10.6 Å². The van der Waals surface area contributed by atoms with Crippen molar-refractivity contribution in [1.82, 2.24) is 15.1 Å². The second-order valence-electron chi connectivity index (χ2n) is 8.47. The van der Waals surface area contributed by atoms with Gasteiger partial charge in [0.15, 0.2) is 0 Å². The highest BCUT2D eigenvalue weighted by Gasteiger charge is 2.25. The number of nitrogens with zero attached hydrogens (tertiary/aromatic N) is 2. The lowest BCUT2D eigenvalue weighted by Crippen LogP contribution is -2.38. The van der Waals surface area contributed by atoms with Crippen molar-refractivity contribution in [3.05, 3.63) is 65.0 Å². The van der Waals surface area contributed by atoms with Crippen molar-refractivity contribution < 1.29 is 18.8 Å². The van der Waals surface area contributed by atoms with Gasteiger partial charge in [0.1, 0.15) is 5.82 Å². The van der Waals surface area contributed by atoms with Gasteiger partial charge in [0.2, 0.25) is 5.91 Å². The van der Waals surface area contributed by atoms with Crippen LogP contribution in [0, 0.1) is 12.7 Å². The number of aryl methyl sites for hydroxylation is 1. The second kappa shape index (κ2) is 10.9. The molecule has 0 aliphatic carbocycles. The Morgan fingerprint density at radius 2 is 1.76 bits per heavy atom. The number of likely N-dealkylation sites (tertiary alicyclic amines) is 1. The van der Waals surface area contributed by atoms with Crippen LogP contribution in [0.4, 0.5) is 14.9 Å². The van der Waals surface area contributed by atoms with Crippen LogP contribution < -0.4 is 10.6 Å². The number of nitrogens with one attached hydrogen (secondary N) is 2. The molecule has 0 saturated carbocycles. The van der Waals surface area contributed by atoms with Crippen molar-refractivity contribution >= 4 is 23.5 Å².